The molecule has 172 valence electrons. The molecular weight excluding hydrogens is 432 g/mol. The van der Waals surface area contributed by atoms with E-state index in [9.17, 15) is 14.7 Å². The van der Waals surface area contributed by atoms with E-state index >= 15 is 0 Å². The Balaban J connectivity index is 1.82. The summed E-state index contributed by atoms with van der Waals surface area (Å²) in [7, 11) is 1.52. The smallest absolute Gasteiger partial charge is 0.295 e. The Labute approximate surface area is 197 Å². The number of ketones is 1. The topological polar surface area (TPSA) is 89.0 Å². The Morgan fingerprint density at radius 1 is 1.09 bits per heavy atom. The van der Waals surface area contributed by atoms with E-state index in [1.807, 2.05) is 0 Å². The van der Waals surface area contributed by atoms with Crippen molar-refractivity contribution in [3.8, 4) is 11.5 Å². The van der Waals surface area contributed by atoms with Gasteiger partial charge in [0.15, 0.2) is 0 Å². The van der Waals surface area contributed by atoms with E-state index in [1.54, 1.807) is 79.1 Å². The number of methoxy groups -OCH3 is 1. The van der Waals surface area contributed by atoms with Crippen LogP contribution in [0.25, 0.3) is 5.76 Å². The molecule has 1 N–H and O–H groups in total. The summed E-state index contributed by atoms with van der Waals surface area (Å²) in [6.45, 7) is 4.18. The summed E-state index contributed by atoms with van der Waals surface area (Å²) in [6.07, 6.45) is 4.90. The SMILES string of the molecule is C=CCOc1ccc(C2/C(=C(\O)c3cccc(OC)c3)C(=O)C(=O)N2Cc2ccncc2)cc1. The number of hydrogen-bond acceptors (Lipinski definition) is 6. The number of ether oxygens (including phenoxy) is 2. The number of likely N-dealkylation sites (tertiary alicyclic amines) is 1. The number of Topliss-reactive ketones (excluding diaryl/α,β-unsaturated/α-hetero) is 1. The third-order valence-corrected chi connectivity index (χ3v) is 5.55. The molecule has 2 aromatic carbocycles. The quantitative estimate of drug-likeness (QED) is 0.236. The van der Waals surface area contributed by atoms with Gasteiger partial charge in [-0.15, -0.1) is 0 Å². The number of carbonyl (C=O) groups is 2. The van der Waals surface area contributed by atoms with Crippen LogP contribution in [0.4, 0.5) is 0 Å². The number of aliphatic hydroxyl groups is 1. The first kappa shape index (κ1) is 22.8. The van der Waals surface area contributed by atoms with E-state index < -0.39 is 17.7 Å². The lowest BCUT2D eigenvalue weighted by Crippen LogP contribution is -2.29. The van der Waals surface area contributed by atoms with Crippen LogP contribution in [0.1, 0.15) is 22.7 Å². The van der Waals surface area contributed by atoms with Crippen molar-refractivity contribution in [2.24, 2.45) is 0 Å². The molecule has 0 aliphatic carbocycles. The van der Waals surface area contributed by atoms with Crippen LogP contribution in [-0.2, 0) is 16.1 Å². The number of nitrogens with zero attached hydrogens (tertiary/aromatic N) is 2. The molecule has 1 saturated heterocycles. The first-order valence-corrected chi connectivity index (χ1v) is 10.7. The first-order valence-electron chi connectivity index (χ1n) is 10.7. The molecule has 7 nitrogen and oxygen atoms in total. The number of aromatic nitrogens is 1. The Kier molecular flexibility index (Phi) is 6.73. The zero-order valence-corrected chi connectivity index (χ0v) is 18.7. The van der Waals surface area contributed by atoms with Gasteiger partial charge in [0.05, 0.1) is 18.7 Å². The number of amides is 1. The fraction of sp³-hybridized carbons (Fsp3) is 0.148. The average molecular weight is 456 g/mol. The van der Waals surface area contributed by atoms with E-state index in [0.29, 0.717) is 29.2 Å². The molecule has 1 aliphatic heterocycles. The summed E-state index contributed by atoms with van der Waals surface area (Å²) >= 11 is 0. The highest BCUT2D eigenvalue weighted by Gasteiger charge is 2.46. The van der Waals surface area contributed by atoms with Crippen LogP contribution in [0, 0.1) is 0 Å². The predicted octanol–water partition coefficient (Wildman–Crippen LogP) is 4.28. The van der Waals surface area contributed by atoms with Gasteiger partial charge in [0.25, 0.3) is 11.7 Å². The first-order chi connectivity index (χ1) is 16.5. The summed E-state index contributed by atoms with van der Waals surface area (Å²) in [5.41, 5.74) is 1.89. The van der Waals surface area contributed by atoms with E-state index in [4.69, 9.17) is 9.47 Å². The highest BCUT2D eigenvalue weighted by Crippen LogP contribution is 2.41. The highest BCUT2D eigenvalue weighted by atomic mass is 16.5. The largest absolute Gasteiger partial charge is 0.507 e. The summed E-state index contributed by atoms with van der Waals surface area (Å²) < 4.78 is 10.8. The monoisotopic (exact) mass is 456 g/mol. The summed E-state index contributed by atoms with van der Waals surface area (Å²) in [4.78, 5) is 31.8. The lowest BCUT2D eigenvalue weighted by Gasteiger charge is -2.25. The standard InChI is InChI=1S/C27H24N2O5/c1-3-15-34-21-9-7-19(8-10-21)24-23(25(30)20-5-4-6-22(16-20)33-2)26(31)27(32)29(24)17-18-11-13-28-14-12-18/h3-14,16,24,30H,1,15,17H2,2H3/b25-23+. The van der Waals surface area contributed by atoms with Gasteiger partial charge in [-0.25, -0.2) is 0 Å². The van der Waals surface area contributed by atoms with Gasteiger partial charge in [-0.3, -0.25) is 14.6 Å². The fourth-order valence-electron chi connectivity index (χ4n) is 3.90. The van der Waals surface area contributed by atoms with Crippen molar-refractivity contribution in [1.82, 2.24) is 9.88 Å². The molecule has 4 rings (SSSR count). The van der Waals surface area contributed by atoms with Gasteiger partial charge in [0.1, 0.15) is 23.9 Å². The number of rotatable bonds is 8. The zero-order chi connectivity index (χ0) is 24.1. The number of carbonyl (C=O) groups excluding carboxylic acids is 2. The Hall–Kier alpha value is -4.39. The molecule has 3 aromatic rings. The van der Waals surface area contributed by atoms with Crippen molar-refractivity contribution in [1.29, 1.82) is 0 Å². The van der Waals surface area contributed by atoms with Crippen LogP contribution >= 0.6 is 0 Å². The van der Waals surface area contributed by atoms with Crippen LogP contribution in [0.5, 0.6) is 11.5 Å². The van der Waals surface area contributed by atoms with Gasteiger partial charge in [-0.05, 0) is 47.5 Å². The van der Waals surface area contributed by atoms with Gasteiger partial charge in [0.2, 0.25) is 0 Å². The Morgan fingerprint density at radius 2 is 1.82 bits per heavy atom. The Bertz CT molecular complexity index is 1240. The molecule has 1 amide bonds. The van der Waals surface area contributed by atoms with Crippen molar-refractivity contribution >= 4 is 17.4 Å². The maximum absolute atomic E-state index is 13.2. The molecule has 34 heavy (non-hydrogen) atoms. The van der Waals surface area contributed by atoms with Crippen LogP contribution < -0.4 is 9.47 Å². The second-order valence-electron chi connectivity index (χ2n) is 7.68. The maximum Gasteiger partial charge on any atom is 0.295 e. The molecule has 0 spiro atoms. The van der Waals surface area contributed by atoms with E-state index in [2.05, 4.69) is 11.6 Å². The van der Waals surface area contributed by atoms with E-state index in [-0.39, 0.29) is 17.9 Å². The van der Waals surface area contributed by atoms with E-state index in [0.717, 1.165) is 5.56 Å². The predicted molar refractivity (Wildman–Crippen MR) is 127 cm³/mol. The van der Waals surface area contributed by atoms with Crippen molar-refractivity contribution in [2.45, 2.75) is 12.6 Å². The third kappa shape index (κ3) is 4.54. The molecule has 0 saturated carbocycles. The minimum Gasteiger partial charge on any atom is -0.507 e. The average Bonchev–Trinajstić information content (AvgIpc) is 3.13. The van der Waals surface area contributed by atoms with Gasteiger partial charge in [-0.2, -0.15) is 0 Å². The summed E-state index contributed by atoms with van der Waals surface area (Å²) in [6, 6.07) is 16.6. The molecule has 1 aliphatic rings. The lowest BCUT2D eigenvalue weighted by molar-refractivity contribution is -0.140. The second kappa shape index (κ2) is 10.0. The van der Waals surface area contributed by atoms with Crippen molar-refractivity contribution in [2.75, 3.05) is 13.7 Å². The van der Waals surface area contributed by atoms with Crippen LogP contribution in [0.3, 0.4) is 0 Å². The second-order valence-corrected chi connectivity index (χ2v) is 7.68. The lowest BCUT2D eigenvalue weighted by atomic mass is 9.95. The summed E-state index contributed by atoms with van der Waals surface area (Å²) in [5.74, 6) is -0.533. The number of aliphatic hydroxyl groups excluding tert-OH is 1. The van der Waals surface area contributed by atoms with E-state index in [1.165, 1.54) is 12.0 Å². The Morgan fingerprint density at radius 3 is 2.50 bits per heavy atom. The molecule has 0 radical (unpaired) electrons. The molecule has 7 heteroatoms. The molecule has 1 unspecified atom stereocenters. The molecule has 1 fully saturated rings. The number of benzene rings is 2. The third-order valence-electron chi connectivity index (χ3n) is 5.55. The van der Waals surface area contributed by atoms with Crippen LogP contribution in [0.2, 0.25) is 0 Å². The van der Waals surface area contributed by atoms with Gasteiger partial charge in [0, 0.05) is 24.5 Å². The molecule has 0 bridgehead atoms. The number of hydrogen-bond donors (Lipinski definition) is 1. The molecule has 1 atom stereocenters. The minimum absolute atomic E-state index is 0.0204. The van der Waals surface area contributed by atoms with Crippen molar-refractivity contribution in [3.05, 3.63) is 108 Å². The summed E-state index contributed by atoms with van der Waals surface area (Å²) in [5, 5.41) is 11.2. The maximum atomic E-state index is 13.2. The van der Waals surface area contributed by atoms with Gasteiger partial charge in [-0.1, -0.05) is 36.9 Å². The van der Waals surface area contributed by atoms with Gasteiger partial charge >= 0.3 is 0 Å². The highest BCUT2D eigenvalue weighted by molar-refractivity contribution is 6.46. The molecule has 1 aromatic heterocycles. The number of pyridine rings is 1. The normalized spacial score (nSPS) is 17.0. The molecular formula is C27H24N2O5. The minimum atomic E-state index is -0.784. The molecule has 2 heterocycles. The fourth-order valence-corrected chi connectivity index (χ4v) is 3.90. The van der Waals surface area contributed by atoms with Crippen LogP contribution in [-0.4, -0.2) is 40.4 Å². The van der Waals surface area contributed by atoms with Crippen LogP contribution in [0.15, 0.2) is 91.3 Å². The van der Waals surface area contributed by atoms with Gasteiger partial charge < -0.3 is 19.5 Å². The van der Waals surface area contributed by atoms with Crippen molar-refractivity contribution in [3.63, 3.8) is 0 Å². The van der Waals surface area contributed by atoms with Crippen molar-refractivity contribution < 1.29 is 24.2 Å². The zero-order valence-electron chi connectivity index (χ0n) is 18.7.